The van der Waals surface area contributed by atoms with Gasteiger partial charge in [-0.15, -0.1) is 0 Å². The first-order chi connectivity index (χ1) is 8.76. The number of amides is 2. The topological polar surface area (TPSA) is 58.6 Å². The van der Waals surface area contributed by atoms with Crippen LogP contribution in [0, 0.1) is 11.3 Å². The predicted molar refractivity (Wildman–Crippen MR) is 73.6 cm³/mol. The fourth-order valence-electron chi connectivity index (χ4n) is 2.29. The Kier molecular flexibility index (Phi) is 5.35. The number of piperazine rings is 1. The minimum absolute atomic E-state index is 0.0279. The van der Waals surface area contributed by atoms with Gasteiger partial charge in [0.15, 0.2) is 0 Å². The summed E-state index contributed by atoms with van der Waals surface area (Å²) in [6, 6.07) is -0.389. The van der Waals surface area contributed by atoms with Gasteiger partial charge in [-0.25, -0.2) is 0 Å². The molecule has 0 aromatic rings. The van der Waals surface area contributed by atoms with E-state index in [9.17, 15) is 9.59 Å². The van der Waals surface area contributed by atoms with Crippen LogP contribution in [0.5, 0.6) is 0 Å². The third-order valence-electron chi connectivity index (χ3n) is 3.50. The van der Waals surface area contributed by atoms with E-state index in [0.29, 0.717) is 13.2 Å². The van der Waals surface area contributed by atoms with Crippen molar-refractivity contribution in [3.63, 3.8) is 0 Å². The van der Waals surface area contributed by atoms with E-state index in [-0.39, 0.29) is 35.7 Å². The normalized spacial score (nSPS) is 20.9. The molecule has 0 bridgehead atoms. The molecule has 0 aromatic carbocycles. The molecule has 0 spiro atoms. The maximum Gasteiger partial charge on any atom is 0.245 e. The Morgan fingerprint density at radius 1 is 1.42 bits per heavy atom. The fraction of sp³-hybridized carbons (Fsp3) is 0.857. The highest BCUT2D eigenvalue weighted by Crippen LogP contribution is 2.23. The summed E-state index contributed by atoms with van der Waals surface area (Å²) in [6.07, 6.45) is 0.862. The highest BCUT2D eigenvalue weighted by Gasteiger charge is 2.36. The first-order valence-corrected chi connectivity index (χ1v) is 6.84. The van der Waals surface area contributed by atoms with Crippen LogP contribution in [0.1, 0.15) is 34.1 Å². The lowest BCUT2D eigenvalue weighted by Crippen LogP contribution is -2.61. The molecule has 0 aliphatic carbocycles. The van der Waals surface area contributed by atoms with Crippen molar-refractivity contribution in [2.75, 3.05) is 26.8 Å². The summed E-state index contributed by atoms with van der Waals surface area (Å²) in [7, 11) is 1.67. The molecule has 5 heteroatoms. The zero-order valence-corrected chi connectivity index (χ0v) is 12.7. The van der Waals surface area contributed by atoms with Crippen molar-refractivity contribution in [2.24, 2.45) is 11.3 Å². The molecule has 1 unspecified atom stereocenters. The zero-order valence-electron chi connectivity index (χ0n) is 12.7. The van der Waals surface area contributed by atoms with Crippen LogP contribution >= 0.6 is 0 Å². The van der Waals surface area contributed by atoms with Crippen molar-refractivity contribution in [1.82, 2.24) is 10.2 Å². The number of hydrogen-bond donors (Lipinski definition) is 1. The van der Waals surface area contributed by atoms with Gasteiger partial charge < -0.3 is 15.0 Å². The average Bonchev–Trinajstić information content (AvgIpc) is 2.30. The van der Waals surface area contributed by atoms with E-state index in [1.54, 1.807) is 12.0 Å². The molecule has 2 amide bonds. The molecule has 110 valence electrons. The first kappa shape index (κ1) is 16.0. The standard InChI is InChI=1S/C14H26N2O3/c1-10(2)12-13(18)16(8-11(17)15-12)9-14(3,4)6-7-19-5/h10,12H,6-9H2,1-5H3,(H,15,17). The van der Waals surface area contributed by atoms with Crippen LogP contribution in [0.2, 0.25) is 0 Å². The molecule has 1 N–H and O–H groups in total. The molecule has 1 aliphatic rings. The van der Waals surface area contributed by atoms with Crippen molar-refractivity contribution < 1.29 is 14.3 Å². The molecular formula is C14H26N2O3. The van der Waals surface area contributed by atoms with Crippen LogP contribution in [0.25, 0.3) is 0 Å². The minimum atomic E-state index is -0.389. The molecule has 0 radical (unpaired) electrons. The molecular weight excluding hydrogens is 244 g/mol. The Labute approximate surface area is 115 Å². The Balaban J connectivity index is 2.70. The molecule has 1 fully saturated rings. The number of carbonyl (C=O) groups excluding carboxylic acids is 2. The maximum absolute atomic E-state index is 12.3. The lowest BCUT2D eigenvalue weighted by atomic mass is 9.88. The summed E-state index contributed by atoms with van der Waals surface area (Å²) < 4.78 is 5.09. The average molecular weight is 270 g/mol. The third-order valence-corrected chi connectivity index (χ3v) is 3.50. The van der Waals surface area contributed by atoms with E-state index >= 15 is 0 Å². The number of ether oxygens (including phenoxy) is 1. The summed E-state index contributed by atoms with van der Waals surface area (Å²) in [4.78, 5) is 25.7. The van der Waals surface area contributed by atoms with Gasteiger partial charge in [0.25, 0.3) is 0 Å². The van der Waals surface area contributed by atoms with E-state index in [4.69, 9.17) is 4.74 Å². The fourth-order valence-corrected chi connectivity index (χ4v) is 2.29. The second kappa shape index (κ2) is 6.37. The smallest absolute Gasteiger partial charge is 0.245 e. The number of rotatable bonds is 6. The zero-order chi connectivity index (χ0) is 14.6. The largest absolute Gasteiger partial charge is 0.385 e. The lowest BCUT2D eigenvalue weighted by Gasteiger charge is -2.38. The van der Waals surface area contributed by atoms with Crippen LogP contribution in [-0.2, 0) is 14.3 Å². The van der Waals surface area contributed by atoms with Crippen LogP contribution < -0.4 is 5.32 Å². The van der Waals surface area contributed by atoms with Crippen LogP contribution in [0.15, 0.2) is 0 Å². The first-order valence-electron chi connectivity index (χ1n) is 6.84. The van der Waals surface area contributed by atoms with E-state index in [0.717, 1.165) is 6.42 Å². The van der Waals surface area contributed by atoms with Crippen LogP contribution in [0.4, 0.5) is 0 Å². The number of hydrogen-bond acceptors (Lipinski definition) is 3. The van der Waals surface area contributed by atoms with E-state index in [2.05, 4.69) is 19.2 Å². The Bertz CT molecular complexity index is 340. The summed E-state index contributed by atoms with van der Waals surface area (Å²) in [5, 5.41) is 2.77. The number of methoxy groups -OCH3 is 1. The maximum atomic E-state index is 12.3. The van der Waals surface area contributed by atoms with Crippen molar-refractivity contribution in [2.45, 2.75) is 40.2 Å². The highest BCUT2D eigenvalue weighted by atomic mass is 16.5. The molecule has 0 saturated carbocycles. The van der Waals surface area contributed by atoms with Crippen LogP contribution in [-0.4, -0.2) is 49.6 Å². The predicted octanol–water partition coefficient (Wildman–Crippen LogP) is 1.03. The number of carbonyl (C=O) groups is 2. The van der Waals surface area contributed by atoms with Gasteiger partial charge >= 0.3 is 0 Å². The third kappa shape index (κ3) is 4.49. The number of nitrogens with zero attached hydrogens (tertiary/aromatic N) is 1. The molecule has 1 aliphatic heterocycles. The van der Waals surface area contributed by atoms with E-state index in [1.807, 2.05) is 13.8 Å². The van der Waals surface area contributed by atoms with Gasteiger partial charge in [0, 0.05) is 20.3 Å². The monoisotopic (exact) mass is 270 g/mol. The van der Waals surface area contributed by atoms with Gasteiger partial charge in [-0.1, -0.05) is 27.7 Å². The molecule has 1 saturated heterocycles. The van der Waals surface area contributed by atoms with E-state index < -0.39 is 0 Å². The molecule has 1 heterocycles. The number of nitrogens with one attached hydrogen (secondary N) is 1. The molecule has 1 atom stereocenters. The molecule has 19 heavy (non-hydrogen) atoms. The van der Waals surface area contributed by atoms with Gasteiger partial charge in [0.05, 0.1) is 6.54 Å². The van der Waals surface area contributed by atoms with Gasteiger partial charge in [-0.2, -0.15) is 0 Å². The summed E-state index contributed by atoms with van der Waals surface area (Å²) >= 11 is 0. The van der Waals surface area contributed by atoms with Crippen molar-refractivity contribution >= 4 is 11.8 Å². The Hall–Kier alpha value is -1.10. The lowest BCUT2D eigenvalue weighted by molar-refractivity contribution is -0.147. The molecule has 1 rings (SSSR count). The molecule has 0 aromatic heterocycles. The van der Waals surface area contributed by atoms with E-state index in [1.165, 1.54) is 0 Å². The van der Waals surface area contributed by atoms with Crippen molar-refractivity contribution in [1.29, 1.82) is 0 Å². The summed E-state index contributed by atoms with van der Waals surface area (Å²) in [5.41, 5.74) is -0.0508. The van der Waals surface area contributed by atoms with Crippen molar-refractivity contribution in [3.05, 3.63) is 0 Å². The summed E-state index contributed by atoms with van der Waals surface area (Å²) in [5.74, 6) is 0.0715. The SMILES string of the molecule is COCCC(C)(C)CN1CC(=O)NC(C(C)C)C1=O. The minimum Gasteiger partial charge on any atom is -0.385 e. The second-order valence-corrected chi connectivity index (χ2v) is 6.39. The quantitative estimate of drug-likeness (QED) is 0.784. The van der Waals surface area contributed by atoms with Crippen molar-refractivity contribution in [3.8, 4) is 0 Å². The van der Waals surface area contributed by atoms with Gasteiger partial charge in [0.1, 0.15) is 6.04 Å². The Morgan fingerprint density at radius 3 is 2.58 bits per heavy atom. The Morgan fingerprint density at radius 2 is 2.05 bits per heavy atom. The van der Waals surface area contributed by atoms with Gasteiger partial charge in [0.2, 0.25) is 11.8 Å². The van der Waals surface area contributed by atoms with Gasteiger partial charge in [-0.3, -0.25) is 9.59 Å². The summed E-state index contributed by atoms with van der Waals surface area (Å²) in [6.45, 7) is 9.50. The second-order valence-electron chi connectivity index (χ2n) is 6.39. The highest BCUT2D eigenvalue weighted by molar-refractivity contribution is 5.95. The van der Waals surface area contributed by atoms with Gasteiger partial charge in [-0.05, 0) is 17.8 Å². The van der Waals surface area contributed by atoms with Crippen LogP contribution in [0.3, 0.4) is 0 Å². The molecule has 5 nitrogen and oxygen atoms in total.